The molecule has 0 unspecified atom stereocenters. The SMILES string of the molecule is CCC(=O)Nc1cc(-c2ccc(C)cc2)nn(CC(=O)Nc2ccc(C)c(C)c2)c1=O. The zero-order chi connectivity index (χ0) is 22.5. The number of aromatic nitrogens is 2. The maximum atomic E-state index is 12.9. The zero-order valence-corrected chi connectivity index (χ0v) is 18.2. The van der Waals surface area contributed by atoms with Crippen molar-refractivity contribution in [2.75, 3.05) is 10.6 Å². The second-order valence-electron chi connectivity index (χ2n) is 7.52. The first kappa shape index (κ1) is 22.0. The summed E-state index contributed by atoms with van der Waals surface area (Å²) < 4.78 is 1.08. The van der Waals surface area contributed by atoms with Gasteiger partial charge in [-0.1, -0.05) is 42.8 Å². The summed E-state index contributed by atoms with van der Waals surface area (Å²) in [5.74, 6) is -0.670. The fourth-order valence-corrected chi connectivity index (χ4v) is 3.00. The number of benzene rings is 2. The molecule has 0 aliphatic rings. The third-order valence-corrected chi connectivity index (χ3v) is 5.00. The first-order valence-electron chi connectivity index (χ1n) is 10.1. The molecular formula is C24H26N4O3. The number of nitrogens with zero attached hydrogens (tertiary/aromatic N) is 2. The van der Waals surface area contributed by atoms with E-state index in [-0.39, 0.29) is 30.5 Å². The van der Waals surface area contributed by atoms with Crippen LogP contribution < -0.4 is 16.2 Å². The highest BCUT2D eigenvalue weighted by Gasteiger charge is 2.15. The minimum atomic E-state index is -0.534. The molecule has 0 aliphatic carbocycles. The molecular weight excluding hydrogens is 392 g/mol. The van der Waals surface area contributed by atoms with Gasteiger partial charge >= 0.3 is 0 Å². The lowest BCUT2D eigenvalue weighted by atomic mass is 10.1. The summed E-state index contributed by atoms with van der Waals surface area (Å²) >= 11 is 0. The molecule has 3 aromatic rings. The molecule has 31 heavy (non-hydrogen) atoms. The van der Waals surface area contributed by atoms with Gasteiger partial charge in [-0.25, -0.2) is 4.68 Å². The van der Waals surface area contributed by atoms with Gasteiger partial charge in [-0.05, 0) is 50.1 Å². The van der Waals surface area contributed by atoms with Crippen molar-refractivity contribution in [1.82, 2.24) is 9.78 Å². The van der Waals surface area contributed by atoms with Crippen LogP contribution in [0, 0.1) is 20.8 Å². The van der Waals surface area contributed by atoms with E-state index in [1.807, 2.05) is 63.2 Å². The normalized spacial score (nSPS) is 10.6. The summed E-state index contributed by atoms with van der Waals surface area (Å²) in [6.45, 7) is 7.35. The van der Waals surface area contributed by atoms with Crippen LogP contribution in [-0.4, -0.2) is 21.6 Å². The van der Waals surface area contributed by atoms with E-state index in [1.165, 1.54) is 6.07 Å². The number of rotatable bonds is 6. The standard InChI is InChI=1S/C24H26N4O3/c1-5-22(29)26-21-13-20(18-9-6-15(2)7-10-18)27-28(24(21)31)14-23(30)25-19-11-8-16(3)17(4)12-19/h6-13H,5,14H2,1-4H3,(H,25,30)(H,26,29). The molecule has 0 bridgehead atoms. The Bertz CT molecular complexity index is 1180. The van der Waals surface area contributed by atoms with Crippen molar-refractivity contribution in [1.29, 1.82) is 0 Å². The first-order chi connectivity index (χ1) is 14.8. The minimum Gasteiger partial charge on any atom is -0.324 e. The van der Waals surface area contributed by atoms with Gasteiger partial charge < -0.3 is 10.6 Å². The smallest absolute Gasteiger partial charge is 0.291 e. The number of hydrogen-bond donors (Lipinski definition) is 2. The summed E-state index contributed by atoms with van der Waals surface area (Å²) in [4.78, 5) is 37.4. The Labute approximate surface area is 181 Å². The molecule has 3 rings (SSSR count). The van der Waals surface area contributed by atoms with Crippen LogP contribution in [0.4, 0.5) is 11.4 Å². The molecule has 0 radical (unpaired) electrons. The summed E-state index contributed by atoms with van der Waals surface area (Å²) in [5.41, 5.74) is 4.74. The van der Waals surface area contributed by atoms with Crippen LogP contribution in [0.1, 0.15) is 30.0 Å². The van der Waals surface area contributed by atoms with E-state index in [0.29, 0.717) is 11.4 Å². The molecule has 1 aromatic heterocycles. The lowest BCUT2D eigenvalue weighted by Crippen LogP contribution is -2.32. The topological polar surface area (TPSA) is 93.1 Å². The lowest BCUT2D eigenvalue weighted by Gasteiger charge is -2.12. The van der Waals surface area contributed by atoms with Crippen molar-refractivity contribution in [2.45, 2.75) is 40.7 Å². The minimum absolute atomic E-state index is 0.0939. The van der Waals surface area contributed by atoms with E-state index >= 15 is 0 Å². The molecule has 7 nitrogen and oxygen atoms in total. The summed E-state index contributed by atoms with van der Waals surface area (Å²) in [5, 5.41) is 9.78. The predicted octanol–water partition coefficient (Wildman–Crippen LogP) is 3.82. The number of nitrogens with one attached hydrogen (secondary N) is 2. The van der Waals surface area contributed by atoms with E-state index in [9.17, 15) is 14.4 Å². The van der Waals surface area contributed by atoms with Crippen molar-refractivity contribution < 1.29 is 9.59 Å². The molecule has 1 heterocycles. The largest absolute Gasteiger partial charge is 0.324 e. The molecule has 7 heteroatoms. The van der Waals surface area contributed by atoms with Gasteiger partial charge in [0.1, 0.15) is 12.2 Å². The van der Waals surface area contributed by atoms with Crippen molar-refractivity contribution in [3.63, 3.8) is 0 Å². The van der Waals surface area contributed by atoms with E-state index < -0.39 is 5.56 Å². The van der Waals surface area contributed by atoms with Gasteiger partial charge in [0.05, 0.1) is 5.69 Å². The number of amides is 2. The maximum Gasteiger partial charge on any atom is 0.291 e. The van der Waals surface area contributed by atoms with Crippen LogP contribution in [0.2, 0.25) is 0 Å². The molecule has 2 N–H and O–H groups in total. The Morgan fingerprint density at radius 2 is 1.61 bits per heavy atom. The fourth-order valence-electron chi connectivity index (χ4n) is 3.00. The van der Waals surface area contributed by atoms with Crippen molar-refractivity contribution in [3.05, 3.63) is 75.6 Å². The monoisotopic (exact) mass is 418 g/mol. The second kappa shape index (κ2) is 9.38. The van der Waals surface area contributed by atoms with Crippen molar-refractivity contribution >= 4 is 23.2 Å². The van der Waals surface area contributed by atoms with Gasteiger partial charge in [-0.3, -0.25) is 14.4 Å². The zero-order valence-electron chi connectivity index (χ0n) is 18.2. The fraction of sp³-hybridized carbons (Fsp3) is 0.250. The Morgan fingerprint density at radius 3 is 2.26 bits per heavy atom. The quantitative estimate of drug-likeness (QED) is 0.636. The maximum absolute atomic E-state index is 12.9. The van der Waals surface area contributed by atoms with Crippen LogP contribution in [0.5, 0.6) is 0 Å². The number of carbonyl (C=O) groups is 2. The Morgan fingerprint density at radius 1 is 0.903 bits per heavy atom. The molecule has 0 fully saturated rings. The molecule has 0 saturated carbocycles. The average Bonchev–Trinajstić information content (AvgIpc) is 2.74. The van der Waals surface area contributed by atoms with E-state index in [4.69, 9.17) is 0 Å². The Hall–Kier alpha value is -3.74. The Balaban J connectivity index is 1.94. The Kier molecular flexibility index (Phi) is 6.65. The van der Waals surface area contributed by atoms with Gasteiger partial charge in [-0.15, -0.1) is 0 Å². The highest BCUT2D eigenvalue weighted by molar-refractivity contribution is 5.92. The molecule has 0 atom stereocenters. The molecule has 0 saturated heterocycles. The van der Waals surface area contributed by atoms with E-state index in [1.54, 1.807) is 6.92 Å². The van der Waals surface area contributed by atoms with Gasteiger partial charge in [0.2, 0.25) is 11.8 Å². The number of anilines is 2. The van der Waals surface area contributed by atoms with Gasteiger partial charge in [0, 0.05) is 17.7 Å². The summed E-state index contributed by atoms with van der Waals surface area (Å²) in [6, 6.07) is 14.8. The lowest BCUT2D eigenvalue weighted by molar-refractivity contribution is -0.117. The molecule has 0 aliphatic heterocycles. The third-order valence-electron chi connectivity index (χ3n) is 5.00. The van der Waals surface area contributed by atoms with Crippen LogP contribution in [0.3, 0.4) is 0 Å². The summed E-state index contributed by atoms with van der Waals surface area (Å²) in [6.07, 6.45) is 0.231. The van der Waals surface area contributed by atoms with Gasteiger partial charge in [0.25, 0.3) is 5.56 Å². The number of carbonyl (C=O) groups excluding carboxylic acids is 2. The highest BCUT2D eigenvalue weighted by Crippen LogP contribution is 2.19. The molecule has 160 valence electrons. The van der Waals surface area contributed by atoms with E-state index in [0.717, 1.165) is 26.9 Å². The highest BCUT2D eigenvalue weighted by atomic mass is 16.2. The van der Waals surface area contributed by atoms with Crippen LogP contribution in [0.15, 0.2) is 53.3 Å². The van der Waals surface area contributed by atoms with Gasteiger partial charge in [-0.2, -0.15) is 5.10 Å². The van der Waals surface area contributed by atoms with Crippen molar-refractivity contribution in [3.8, 4) is 11.3 Å². The van der Waals surface area contributed by atoms with Crippen molar-refractivity contribution in [2.24, 2.45) is 0 Å². The molecule has 0 spiro atoms. The molecule has 2 aromatic carbocycles. The van der Waals surface area contributed by atoms with Crippen LogP contribution >= 0.6 is 0 Å². The average molecular weight is 418 g/mol. The predicted molar refractivity (Wildman–Crippen MR) is 122 cm³/mol. The first-order valence-corrected chi connectivity index (χ1v) is 10.1. The third kappa shape index (κ3) is 5.45. The number of aryl methyl sites for hydroxylation is 3. The van der Waals surface area contributed by atoms with Gasteiger partial charge in [0.15, 0.2) is 0 Å². The summed E-state index contributed by atoms with van der Waals surface area (Å²) in [7, 11) is 0. The number of hydrogen-bond acceptors (Lipinski definition) is 4. The molecule has 2 amide bonds. The van der Waals surface area contributed by atoms with E-state index in [2.05, 4.69) is 15.7 Å². The van der Waals surface area contributed by atoms with Crippen LogP contribution in [0.25, 0.3) is 11.3 Å². The van der Waals surface area contributed by atoms with Crippen LogP contribution in [-0.2, 0) is 16.1 Å². The second-order valence-corrected chi connectivity index (χ2v) is 7.52.